The fourth-order valence-corrected chi connectivity index (χ4v) is 3.62. The van der Waals surface area contributed by atoms with Crippen molar-refractivity contribution in [3.05, 3.63) is 29.8 Å². The van der Waals surface area contributed by atoms with Gasteiger partial charge in [0.05, 0.1) is 12.7 Å². The van der Waals surface area contributed by atoms with Gasteiger partial charge in [0.25, 0.3) is 0 Å². The van der Waals surface area contributed by atoms with Crippen LogP contribution < -0.4 is 5.30 Å². The molecule has 0 radical (unpaired) electrons. The maximum Gasteiger partial charge on any atom is 0.337 e. The molecule has 0 aliphatic carbocycles. The molecule has 0 saturated heterocycles. The molecule has 18 heavy (non-hydrogen) atoms. The maximum atomic E-state index is 12.6. The molecule has 1 rings (SSSR count). The number of carbonyl (C=O) groups is 1. The molecule has 0 heterocycles. The molecule has 0 N–H and O–H groups in total. The zero-order valence-corrected chi connectivity index (χ0v) is 11.9. The highest BCUT2D eigenvalue weighted by Crippen LogP contribution is 2.45. The van der Waals surface area contributed by atoms with Gasteiger partial charge in [-0.25, -0.2) is 4.79 Å². The summed E-state index contributed by atoms with van der Waals surface area (Å²) in [7, 11) is 0.0141. The molecule has 0 saturated carbocycles. The van der Waals surface area contributed by atoms with Crippen LogP contribution in [0.1, 0.15) is 30.1 Å². The summed E-state index contributed by atoms with van der Waals surface area (Å²) in [4.78, 5) is 11.3. The van der Waals surface area contributed by atoms with Gasteiger partial charge in [0, 0.05) is 18.6 Å². The molecule has 0 bridgehead atoms. The number of benzene rings is 1. The SMILES string of the molecule is CCCCP(=O)(OC)c1ccc(C(=O)OC)cc1. The van der Waals surface area contributed by atoms with Crippen molar-refractivity contribution in [3.63, 3.8) is 0 Å². The minimum absolute atomic E-state index is 0.401. The van der Waals surface area contributed by atoms with E-state index in [4.69, 9.17) is 4.52 Å². The van der Waals surface area contributed by atoms with Gasteiger partial charge in [-0.2, -0.15) is 0 Å². The van der Waals surface area contributed by atoms with Crippen LogP contribution in [0.25, 0.3) is 0 Å². The molecular formula is C13H19O4P. The molecular weight excluding hydrogens is 251 g/mol. The summed E-state index contributed by atoms with van der Waals surface area (Å²) >= 11 is 0. The van der Waals surface area contributed by atoms with Crippen molar-refractivity contribution in [2.45, 2.75) is 19.8 Å². The van der Waals surface area contributed by atoms with E-state index in [1.807, 2.05) is 6.92 Å². The van der Waals surface area contributed by atoms with Gasteiger partial charge in [0.1, 0.15) is 0 Å². The molecule has 0 amide bonds. The monoisotopic (exact) mass is 270 g/mol. The van der Waals surface area contributed by atoms with E-state index in [0.29, 0.717) is 17.0 Å². The summed E-state index contributed by atoms with van der Waals surface area (Å²) in [6, 6.07) is 6.57. The zero-order valence-electron chi connectivity index (χ0n) is 11.0. The van der Waals surface area contributed by atoms with Crippen LogP contribution in [0.4, 0.5) is 0 Å². The van der Waals surface area contributed by atoms with Gasteiger partial charge in [-0.15, -0.1) is 0 Å². The smallest absolute Gasteiger partial charge is 0.337 e. The molecule has 0 spiro atoms. The molecule has 1 aromatic rings. The van der Waals surface area contributed by atoms with Crippen molar-refractivity contribution in [2.75, 3.05) is 20.4 Å². The van der Waals surface area contributed by atoms with Crippen molar-refractivity contribution in [1.82, 2.24) is 0 Å². The molecule has 0 aliphatic heterocycles. The zero-order chi connectivity index (χ0) is 13.6. The molecule has 1 unspecified atom stereocenters. The third-order valence-electron chi connectivity index (χ3n) is 2.78. The van der Waals surface area contributed by atoms with Crippen molar-refractivity contribution in [3.8, 4) is 0 Å². The van der Waals surface area contributed by atoms with Gasteiger partial charge in [-0.3, -0.25) is 4.57 Å². The lowest BCUT2D eigenvalue weighted by Gasteiger charge is -2.16. The largest absolute Gasteiger partial charge is 0.465 e. The number of rotatable bonds is 6. The van der Waals surface area contributed by atoms with Crippen LogP contribution in [0.2, 0.25) is 0 Å². The highest BCUT2D eigenvalue weighted by Gasteiger charge is 2.23. The van der Waals surface area contributed by atoms with Gasteiger partial charge in [-0.05, 0) is 30.7 Å². The van der Waals surface area contributed by atoms with Crippen LogP contribution >= 0.6 is 7.37 Å². The first-order valence-corrected chi connectivity index (χ1v) is 7.72. The minimum atomic E-state index is -2.78. The van der Waals surface area contributed by atoms with E-state index in [0.717, 1.165) is 12.8 Å². The van der Waals surface area contributed by atoms with E-state index in [1.165, 1.54) is 14.2 Å². The second-order valence-corrected chi connectivity index (χ2v) is 6.65. The molecule has 0 aromatic heterocycles. The Kier molecular flexibility index (Phi) is 5.57. The number of esters is 1. The van der Waals surface area contributed by atoms with E-state index in [-0.39, 0.29) is 0 Å². The Morgan fingerprint density at radius 3 is 2.28 bits per heavy atom. The lowest BCUT2D eigenvalue weighted by molar-refractivity contribution is 0.0600. The Morgan fingerprint density at radius 1 is 1.22 bits per heavy atom. The third kappa shape index (κ3) is 3.44. The number of hydrogen-bond acceptors (Lipinski definition) is 4. The summed E-state index contributed by atoms with van der Waals surface area (Å²) in [6.45, 7) is 2.04. The van der Waals surface area contributed by atoms with Crippen LogP contribution in [-0.4, -0.2) is 26.4 Å². The first kappa shape index (κ1) is 14.9. The topological polar surface area (TPSA) is 52.6 Å². The van der Waals surface area contributed by atoms with E-state index in [9.17, 15) is 9.36 Å². The van der Waals surface area contributed by atoms with Crippen molar-refractivity contribution in [2.24, 2.45) is 0 Å². The minimum Gasteiger partial charge on any atom is -0.465 e. The number of ether oxygens (including phenoxy) is 1. The number of carbonyl (C=O) groups excluding carboxylic acids is 1. The molecule has 5 heteroatoms. The molecule has 0 aliphatic rings. The summed E-state index contributed by atoms with van der Waals surface area (Å²) in [6.07, 6.45) is 2.34. The van der Waals surface area contributed by atoms with Crippen LogP contribution in [0.3, 0.4) is 0 Å². The summed E-state index contributed by atoms with van der Waals surface area (Å²) in [5, 5.41) is 0.645. The standard InChI is InChI=1S/C13H19O4P/c1-4-5-10-18(15,17-3)12-8-6-11(7-9-12)13(14)16-2/h6-9H,4-5,10H2,1-3H3. The molecule has 0 fully saturated rings. The highest BCUT2D eigenvalue weighted by molar-refractivity contribution is 7.66. The van der Waals surface area contributed by atoms with Gasteiger partial charge in [0.15, 0.2) is 0 Å². The summed E-state index contributed by atoms with van der Waals surface area (Å²) < 4.78 is 22.4. The Balaban J connectivity index is 2.95. The molecule has 1 aromatic carbocycles. The first-order chi connectivity index (χ1) is 8.57. The predicted molar refractivity (Wildman–Crippen MR) is 71.8 cm³/mol. The van der Waals surface area contributed by atoms with Gasteiger partial charge >= 0.3 is 5.97 Å². The average Bonchev–Trinajstić information content (AvgIpc) is 2.44. The Hall–Kier alpha value is -1.12. The molecule has 1 atom stereocenters. The third-order valence-corrected chi connectivity index (χ3v) is 5.36. The van der Waals surface area contributed by atoms with Crippen molar-refractivity contribution >= 4 is 18.6 Å². The van der Waals surface area contributed by atoms with Crippen molar-refractivity contribution in [1.29, 1.82) is 0 Å². The van der Waals surface area contributed by atoms with E-state index in [2.05, 4.69) is 4.74 Å². The quantitative estimate of drug-likeness (QED) is 0.589. The highest BCUT2D eigenvalue weighted by atomic mass is 31.2. The lowest BCUT2D eigenvalue weighted by atomic mass is 10.2. The number of unbranched alkanes of at least 4 members (excludes halogenated alkanes) is 1. The van der Waals surface area contributed by atoms with Gasteiger partial charge < -0.3 is 9.26 Å². The molecule has 100 valence electrons. The van der Waals surface area contributed by atoms with E-state index >= 15 is 0 Å². The summed E-state index contributed by atoms with van der Waals surface area (Å²) in [5.41, 5.74) is 0.444. The second-order valence-electron chi connectivity index (χ2n) is 3.97. The predicted octanol–water partition coefficient (Wildman–Crippen LogP) is 2.82. The van der Waals surface area contributed by atoms with E-state index < -0.39 is 13.3 Å². The molecule has 4 nitrogen and oxygen atoms in total. The van der Waals surface area contributed by atoms with Gasteiger partial charge in [0.2, 0.25) is 7.37 Å². The normalized spacial score (nSPS) is 13.9. The maximum absolute atomic E-state index is 12.6. The Morgan fingerprint density at radius 2 is 1.83 bits per heavy atom. The number of hydrogen-bond donors (Lipinski definition) is 0. The number of methoxy groups -OCH3 is 1. The van der Waals surface area contributed by atoms with Crippen LogP contribution in [0.5, 0.6) is 0 Å². The van der Waals surface area contributed by atoms with Crippen LogP contribution in [0.15, 0.2) is 24.3 Å². The van der Waals surface area contributed by atoms with Crippen molar-refractivity contribution < 1.29 is 18.6 Å². The van der Waals surface area contributed by atoms with E-state index in [1.54, 1.807) is 24.3 Å². The van der Waals surface area contributed by atoms with Crippen LogP contribution in [0, 0.1) is 0 Å². The fourth-order valence-electron chi connectivity index (χ4n) is 1.63. The first-order valence-electron chi connectivity index (χ1n) is 5.91. The second kappa shape index (κ2) is 6.72. The lowest BCUT2D eigenvalue weighted by Crippen LogP contribution is -2.11. The average molecular weight is 270 g/mol. The van der Waals surface area contributed by atoms with Gasteiger partial charge in [-0.1, -0.05) is 13.3 Å². The Labute approximate surface area is 108 Å². The summed E-state index contributed by atoms with van der Waals surface area (Å²) in [5.74, 6) is -0.401. The Bertz CT molecular complexity index is 439. The van der Waals surface area contributed by atoms with Crippen LogP contribution in [-0.2, 0) is 13.8 Å². The fraction of sp³-hybridized carbons (Fsp3) is 0.462.